The van der Waals surface area contributed by atoms with Gasteiger partial charge in [-0.1, -0.05) is 50.2 Å². The molecule has 3 aromatic rings. The monoisotopic (exact) mass is 367 g/mol. The molecular formula is C20H22FN5O. The summed E-state index contributed by atoms with van der Waals surface area (Å²) in [6.07, 6.45) is 0.753. The molecule has 7 heteroatoms. The number of hydrogen-bond acceptors (Lipinski definition) is 4. The summed E-state index contributed by atoms with van der Waals surface area (Å²) >= 11 is 0. The lowest BCUT2D eigenvalue weighted by Gasteiger charge is -2.08. The van der Waals surface area contributed by atoms with E-state index in [1.165, 1.54) is 28.1 Å². The molecule has 1 heterocycles. The molecule has 0 radical (unpaired) electrons. The van der Waals surface area contributed by atoms with Crippen molar-refractivity contribution in [3.8, 4) is 11.4 Å². The van der Waals surface area contributed by atoms with E-state index >= 15 is 0 Å². The van der Waals surface area contributed by atoms with Crippen LogP contribution in [0.15, 0.2) is 48.5 Å². The van der Waals surface area contributed by atoms with Crippen molar-refractivity contribution in [2.75, 3.05) is 6.54 Å². The number of nitrogens with one attached hydrogen (secondary N) is 1. The van der Waals surface area contributed by atoms with Crippen LogP contribution < -0.4 is 5.32 Å². The number of rotatable bonds is 7. The molecule has 3 rings (SSSR count). The van der Waals surface area contributed by atoms with Crippen LogP contribution in [0.4, 0.5) is 4.39 Å². The number of aromatic nitrogens is 4. The van der Waals surface area contributed by atoms with Crippen LogP contribution in [-0.2, 0) is 17.8 Å². The molecule has 0 fully saturated rings. The second-order valence-electron chi connectivity index (χ2n) is 6.65. The van der Waals surface area contributed by atoms with E-state index in [1.807, 2.05) is 0 Å². The first-order valence-electron chi connectivity index (χ1n) is 8.90. The Hall–Kier alpha value is -3.09. The van der Waals surface area contributed by atoms with Crippen LogP contribution in [0, 0.1) is 5.82 Å². The van der Waals surface area contributed by atoms with E-state index in [9.17, 15) is 9.18 Å². The molecule has 0 unspecified atom stereocenters. The van der Waals surface area contributed by atoms with Crippen LogP contribution in [0.5, 0.6) is 0 Å². The van der Waals surface area contributed by atoms with E-state index in [1.54, 1.807) is 12.1 Å². The maximum absolute atomic E-state index is 13.3. The third kappa shape index (κ3) is 5.20. The van der Waals surface area contributed by atoms with Gasteiger partial charge in [0.25, 0.3) is 0 Å². The fraction of sp³-hybridized carbons (Fsp3) is 0.300. The lowest BCUT2D eigenvalue weighted by Crippen LogP contribution is -2.30. The zero-order valence-electron chi connectivity index (χ0n) is 15.4. The van der Waals surface area contributed by atoms with E-state index in [-0.39, 0.29) is 24.1 Å². The highest BCUT2D eigenvalue weighted by Gasteiger charge is 2.09. The van der Waals surface area contributed by atoms with Crippen LogP contribution in [0.1, 0.15) is 30.9 Å². The van der Waals surface area contributed by atoms with Crippen LogP contribution >= 0.6 is 0 Å². The van der Waals surface area contributed by atoms with Gasteiger partial charge in [-0.15, -0.1) is 10.2 Å². The number of carbonyl (C=O) groups is 1. The molecule has 6 nitrogen and oxygen atoms in total. The number of carbonyl (C=O) groups excluding carboxylic acids is 1. The summed E-state index contributed by atoms with van der Waals surface area (Å²) in [7, 11) is 0. The minimum atomic E-state index is -0.372. The summed E-state index contributed by atoms with van der Waals surface area (Å²) in [5, 5.41) is 14.7. The van der Waals surface area contributed by atoms with E-state index in [0.717, 1.165) is 6.42 Å². The molecule has 1 N–H and O–H groups in total. The summed E-state index contributed by atoms with van der Waals surface area (Å²) in [6, 6.07) is 14.4. The summed E-state index contributed by atoms with van der Waals surface area (Å²) in [4.78, 5) is 13.2. The van der Waals surface area contributed by atoms with Gasteiger partial charge in [-0.3, -0.25) is 4.79 Å². The Morgan fingerprint density at radius 3 is 2.67 bits per heavy atom. The van der Waals surface area contributed by atoms with Gasteiger partial charge in [0.05, 0.1) is 0 Å². The Kier molecular flexibility index (Phi) is 5.90. The van der Waals surface area contributed by atoms with Crippen molar-refractivity contribution in [1.82, 2.24) is 25.5 Å². The molecule has 0 aliphatic heterocycles. The first kappa shape index (κ1) is 18.7. The molecule has 0 spiro atoms. The van der Waals surface area contributed by atoms with Crippen molar-refractivity contribution in [2.45, 2.75) is 32.7 Å². The molecule has 0 bridgehead atoms. The molecule has 2 aromatic carbocycles. The van der Waals surface area contributed by atoms with Crippen molar-refractivity contribution in [3.05, 3.63) is 65.5 Å². The third-order valence-electron chi connectivity index (χ3n) is 4.20. The normalized spacial score (nSPS) is 11.0. The fourth-order valence-electron chi connectivity index (χ4n) is 2.65. The SMILES string of the molecule is CC(C)c1ccc(CCNC(=O)Cn2nnc(-c3cccc(F)c3)n2)cc1. The first-order valence-corrected chi connectivity index (χ1v) is 8.90. The highest BCUT2D eigenvalue weighted by Crippen LogP contribution is 2.15. The third-order valence-corrected chi connectivity index (χ3v) is 4.20. The van der Waals surface area contributed by atoms with Gasteiger partial charge in [0.2, 0.25) is 11.7 Å². The second-order valence-corrected chi connectivity index (χ2v) is 6.65. The molecule has 27 heavy (non-hydrogen) atoms. The Balaban J connectivity index is 1.48. The van der Waals surface area contributed by atoms with Crippen LogP contribution in [-0.4, -0.2) is 32.7 Å². The Morgan fingerprint density at radius 2 is 1.96 bits per heavy atom. The lowest BCUT2D eigenvalue weighted by molar-refractivity contribution is -0.122. The summed E-state index contributed by atoms with van der Waals surface area (Å²) < 4.78 is 13.3. The molecule has 1 aromatic heterocycles. The van der Waals surface area contributed by atoms with Gasteiger partial charge in [-0.2, -0.15) is 4.80 Å². The molecule has 140 valence electrons. The predicted octanol–water partition coefficient (Wildman–Crippen LogP) is 2.96. The molecule has 0 aliphatic carbocycles. The zero-order chi connectivity index (χ0) is 19.2. The maximum atomic E-state index is 13.3. The van der Waals surface area contributed by atoms with E-state index < -0.39 is 0 Å². The van der Waals surface area contributed by atoms with Gasteiger partial charge < -0.3 is 5.32 Å². The van der Waals surface area contributed by atoms with E-state index in [2.05, 4.69) is 58.8 Å². The van der Waals surface area contributed by atoms with Crippen molar-refractivity contribution in [1.29, 1.82) is 0 Å². The van der Waals surface area contributed by atoms with Gasteiger partial charge in [0.15, 0.2) is 0 Å². The van der Waals surface area contributed by atoms with E-state index in [4.69, 9.17) is 0 Å². The van der Waals surface area contributed by atoms with Crippen molar-refractivity contribution < 1.29 is 9.18 Å². The molecule has 0 aliphatic rings. The molecule has 0 saturated carbocycles. The fourth-order valence-corrected chi connectivity index (χ4v) is 2.65. The van der Waals surface area contributed by atoms with Gasteiger partial charge in [0.1, 0.15) is 12.4 Å². The smallest absolute Gasteiger partial charge is 0.243 e. The topological polar surface area (TPSA) is 72.7 Å². The van der Waals surface area contributed by atoms with Crippen LogP contribution in [0.25, 0.3) is 11.4 Å². The second kappa shape index (κ2) is 8.53. The first-order chi connectivity index (χ1) is 13.0. The number of amides is 1. The average Bonchev–Trinajstić information content (AvgIpc) is 3.10. The van der Waals surface area contributed by atoms with E-state index in [0.29, 0.717) is 18.0 Å². The Labute approximate surface area is 157 Å². The van der Waals surface area contributed by atoms with Gasteiger partial charge in [-0.25, -0.2) is 4.39 Å². The standard InChI is InChI=1S/C20H22FN5O/c1-14(2)16-8-6-15(7-9-16)10-11-22-19(27)13-26-24-20(23-25-26)17-4-3-5-18(21)12-17/h3-9,12,14H,10-11,13H2,1-2H3,(H,22,27). The zero-order valence-corrected chi connectivity index (χ0v) is 15.4. The quantitative estimate of drug-likeness (QED) is 0.697. The van der Waals surface area contributed by atoms with Crippen LogP contribution in [0.2, 0.25) is 0 Å². The van der Waals surface area contributed by atoms with Crippen LogP contribution in [0.3, 0.4) is 0 Å². The number of halogens is 1. The molecule has 1 amide bonds. The van der Waals surface area contributed by atoms with Crippen molar-refractivity contribution in [3.63, 3.8) is 0 Å². The summed E-state index contributed by atoms with van der Waals surface area (Å²) in [6.45, 7) is 4.82. The number of benzene rings is 2. The average molecular weight is 367 g/mol. The Bertz CT molecular complexity index is 905. The highest BCUT2D eigenvalue weighted by atomic mass is 19.1. The number of hydrogen-bond donors (Lipinski definition) is 1. The predicted molar refractivity (Wildman–Crippen MR) is 100 cm³/mol. The lowest BCUT2D eigenvalue weighted by atomic mass is 10.0. The maximum Gasteiger partial charge on any atom is 0.243 e. The number of nitrogens with zero attached hydrogens (tertiary/aromatic N) is 4. The minimum Gasteiger partial charge on any atom is -0.354 e. The van der Waals surface area contributed by atoms with Gasteiger partial charge >= 0.3 is 0 Å². The van der Waals surface area contributed by atoms with Gasteiger partial charge in [0, 0.05) is 12.1 Å². The molecule has 0 saturated heterocycles. The molecular weight excluding hydrogens is 345 g/mol. The summed E-state index contributed by atoms with van der Waals surface area (Å²) in [5.41, 5.74) is 2.99. The number of tetrazole rings is 1. The largest absolute Gasteiger partial charge is 0.354 e. The summed E-state index contributed by atoms with van der Waals surface area (Å²) in [5.74, 6) is 0.221. The Morgan fingerprint density at radius 1 is 1.19 bits per heavy atom. The van der Waals surface area contributed by atoms with Gasteiger partial charge in [-0.05, 0) is 40.8 Å². The highest BCUT2D eigenvalue weighted by molar-refractivity contribution is 5.75. The molecule has 0 atom stereocenters. The van der Waals surface area contributed by atoms with Crippen molar-refractivity contribution in [2.24, 2.45) is 0 Å². The minimum absolute atomic E-state index is 0.0331. The van der Waals surface area contributed by atoms with Crippen molar-refractivity contribution >= 4 is 5.91 Å².